The largest absolute Gasteiger partial charge is 0.353 e. The minimum absolute atomic E-state index is 0.219. The molecule has 1 heterocycles. The van der Waals surface area contributed by atoms with E-state index >= 15 is 0 Å². The van der Waals surface area contributed by atoms with Gasteiger partial charge in [-0.05, 0) is 51.1 Å². The minimum atomic E-state index is -0.219. The maximum Gasteiger partial charge on any atom is 0.226 e. The first-order chi connectivity index (χ1) is 7.60. The van der Waals surface area contributed by atoms with Crippen LogP contribution in [0.3, 0.4) is 0 Å². The standard InChI is InChI=1S/C13H24N2O/c1-13(2,10-5-4-8-14-9-10)12(16)15-11-6-3-7-11/h10-11,14H,3-9H2,1-2H3,(H,15,16). The van der Waals surface area contributed by atoms with Crippen LogP contribution in [0, 0.1) is 11.3 Å². The molecule has 1 saturated heterocycles. The summed E-state index contributed by atoms with van der Waals surface area (Å²) < 4.78 is 0. The molecule has 3 nitrogen and oxygen atoms in total. The number of rotatable bonds is 3. The Kier molecular flexibility index (Phi) is 3.53. The van der Waals surface area contributed by atoms with Crippen molar-refractivity contribution >= 4 is 5.91 Å². The van der Waals surface area contributed by atoms with Crippen molar-refractivity contribution in [3.05, 3.63) is 0 Å². The van der Waals surface area contributed by atoms with Crippen LogP contribution in [0.15, 0.2) is 0 Å². The Balaban J connectivity index is 1.90. The molecule has 92 valence electrons. The normalized spacial score (nSPS) is 27.2. The summed E-state index contributed by atoms with van der Waals surface area (Å²) >= 11 is 0. The van der Waals surface area contributed by atoms with Crippen molar-refractivity contribution in [2.45, 2.75) is 52.0 Å². The highest BCUT2D eigenvalue weighted by Gasteiger charge is 2.38. The van der Waals surface area contributed by atoms with Gasteiger partial charge in [0.05, 0.1) is 0 Å². The molecule has 1 amide bonds. The van der Waals surface area contributed by atoms with Gasteiger partial charge in [0.2, 0.25) is 5.91 Å². The highest BCUT2D eigenvalue weighted by Crippen LogP contribution is 2.32. The molecule has 16 heavy (non-hydrogen) atoms. The molecule has 0 spiro atoms. The Labute approximate surface area is 98.4 Å². The van der Waals surface area contributed by atoms with Crippen molar-refractivity contribution < 1.29 is 4.79 Å². The number of nitrogens with one attached hydrogen (secondary N) is 2. The van der Waals surface area contributed by atoms with Crippen molar-refractivity contribution in [3.63, 3.8) is 0 Å². The summed E-state index contributed by atoms with van der Waals surface area (Å²) in [5.41, 5.74) is -0.219. The summed E-state index contributed by atoms with van der Waals surface area (Å²) in [5.74, 6) is 0.743. The van der Waals surface area contributed by atoms with Crippen molar-refractivity contribution in [1.29, 1.82) is 0 Å². The van der Waals surface area contributed by atoms with E-state index in [9.17, 15) is 4.79 Å². The van der Waals surface area contributed by atoms with Crippen LogP contribution in [0.1, 0.15) is 46.0 Å². The first kappa shape index (κ1) is 11.9. The lowest BCUT2D eigenvalue weighted by molar-refractivity contribution is -0.133. The van der Waals surface area contributed by atoms with E-state index in [0.717, 1.165) is 13.1 Å². The van der Waals surface area contributed by atoms with Gasteiger partial charge in [-0.1, -0.05) is 13.8 Å². The zero-order valence-corrected chi connectivity index (χ0v) is 10.5. The number of hydrogen-bond donors (Lipinski definition) is 2. The van der Waals surface area contributed by atoms with Gasteiger partial charge in [-0.2, -0.15) is 0 Å². The lowest BCUT2D eigenvalue weighted by Gasteiger charge is -2.38. The molecule has 1 aliphatic carbocycles. The quantitative estimate of drug-likeness (QED) is 0.766. The average molecular weight is 224 g/mol. The zero-order chi connectivity index (χ0) is 11.6. The van der Waals surface area contributed by atoms with E-state index < -0.39 is 0 Å². The zero-order valence-electron chi connectivity index (χ0n) is 10.5. The maximum absolute atomic E-state index is 12.2. The summed E-state index contributed by atoms with van der Waals surface area (Å²) in [5, 5.41) is 6.58. The maximum atomic E-state index is 12.2. The third kappa shape index (κ3) is 2.40. The molecule has 1 atom stereocenters. The lowest BCUT2D eigenvalue weighted by atomic mass is 9.74. The van der Waals surface area contributed by atoms with Gasteiger partial charge >= 0.3 is 0 Å². The van der Waals surface area contributed by atoms with Crippen molar-refractivity contribution in [3.8, 4) is 0 Å². The van der Waals surface area contributed by atoms with E-state index in [1.165, 1.54) is 32.1 Å². The molecule has 2 aliphatic rings. The average Bonchev–Trinajstić information content (AvgIpc) is 2.24. The van der Waals surface area contributed by atoms with Crippen LogP contribution in [0.5, 0.6) is 0 Å². The van der Waals surface area contributed by atoms with Crippen LogP contribution >= 0.6 is 0 Å². The minimum Gasteiger partial charge on any atom is -0.353 e. The molecule has 1 aliphatic heterocycles. The van der Waals surface area contributed by atoms with Gasteiger partial charge in [0.15, 0.2) is 0 Å². The van der Waals surface area contributed by atoms with E-state index in [1.807, 2.05) is 0 Å². The third-order valence-electron chi connectivity index (χ3n) is 4.34. The fourth-order valence-corrected chi connectivity index (χ4v) is 2.58. The Hall–Kier alpha value is -0.570. The second kappa shape index (κ2) is 4.74. The van der Waals surface area contributed by atoms with Crippen LogP contribution in [-0.4, -0.2) is 25.0 Å². The van der Waals surface area contributed by atoms with Gasteiger partial charge in [-0.3, -0.25) is 4.79 Å². The first-order valence-electron chi connectivity index (χ1n) is 6.62. The molecule has 0 radical (unpaired) electrons. The Bertz CT molecular complexity index is 253. The second-order valence-corrected chi connectivity index (χ2v) is 5.87. The van der Waals surface area contributed by atoms with Crippen molar-refractivity contribution in [2.24, 2.45) is 11.3 Å². The van der Waals surface area contributed by atoms with Crippen LogP contribution in [0.2, 0.25) is 0 Å². The fourth-order valence-electron chi connectivity index (χ4n) is 2.58. The number of carbonyl (C=O) groups is 1. The SMILES string of the molecule is CC(C)(C(=O)NC1CCC1)C1CCCNC1. The summed E-state index contributed by atoms with van der Waals surface area (Å²) in [7, 11) is 0. The van der Waals surface area contributed by atoms with E-state index in [2.05, 4.69) is 24.5 Å². The molecule has 1 saturated carbocycles. The van der Waals surface area contributed by atoms with E-state index in [4.69, 9.17) is 0 Å². The number of amides is 1. The molecule has 0 aromatic rings. The summed E-state index contributed by atoms with van der Waals surface area (Å²) in [4.78, 5) is 12.2. The van der Waals surface area contributed by atoms with Gasteiger partial charge in [0.25, 0.3) is 0 Å². The van der Waals surface area contributed by atoms with Crippen LogP contribution in [0.25, 0.3) is 0 Å². The molecule has 3 heteroatoms. The highest BCUT2D eigenvalue weighted by atomic mass is 16.2. The predicted octanol–water partition coefficient (Wildman–Crippen LogP) is 1.68. The van der Waals surface area contributed by atoms with E-state index in [0.29, 0.717) is 12.0 Å². The number of piperidine rings is 1. The smallest absolute Gasteiger partial charge is 0.226 e. The molecule has 1 unspecified atom stereocenters. The molecule has 2 N–H and O–H groups in total. The van der Waals surface area contributed by atoms with Crippen LogP contribution in [-0.2, 0) is 4.79 Å². The van der Waals surface area contributed by atoms with Gasteiger partial charge in [0.1, 0.15) is 0 Å². The highest BCUT2D eigenvalue weighted by molar-refractivity contribution is 5.82. The molecule has 0 aromatic carbocycles. The molecular weight excluding hydrogens is 200 g/mol. The summed E-state index contributed by atoms with van der Waals surface area (Å²) in [6.45, 7) is 6.29. The fraction of sp³-hybridized carbons (Fsp3) is 0.923. The van der Waals surface area contributed by atoms with Crippen LogP contribution < -0.4 is 10.6 Å². The predicted molar refractivity (Wildman–Crippen MR) is 65.2 cm³/mol. The van der Waals surface area contributed by atoms with E-state index in [-0.39, 0.29) is 11.3 Å². The van der Waals surface area contributed by atoms with Crippen LogP contribution in [0.4, 0.5) is 0 Å². The number of carbonyl (C=O) groups excluding carboxylic acids is 1. The number of hydrogen-bond acceptors (Lipinski definition) is 2. The van der Waals surface area contributed by atoms with Crippen molar-refractivity contribution in [2.75, 3.05) is 13.1 Å². The second-order valence-electron chi connectivity index (χ2n) is 5.87. The van der Waals surface area contributed by atoms with Gasteiger partial charge in [-0.25, -0.2) is 0 Å². The topological polar surface area (TPSA) is 41.1 Å². The Morgan fingerprint density at radius 1 is 1.25 bits per heavy atom. The monoisotopic (exact) mass is 224 g/mol. The summed E-state index contributed by atoms with van der Waals surface area (Å²) in [6.07, 6.45) is 5.99. The molecular formula is C13H24N2O. The van der Waals surface area contributed by atoms with Gasteiger partial charge < -0.3 is 10.6 Å². The van der Waals surface area contributed by atoms with Crippen molar-refractivity contribution in [1.82, 2.24) is 10.6 Å². The lowest BCUT2D eigenvalue weighted by Crippen LogP contribution is -2.51. The molecule has 0 aromatic heterocycles. The Morgan fingerprint density at radius 3 is 2.50 bits per heavy atom. The third-order valence-corrected chi connectivity index (χ3v) is 4.34. The molecule has 2 rings (SSSR count). The summed E-state index contributed by atoms with van der Waals surface area (Å²) in [6, 6.07) is 0.461. The Morgan fingerprint density at radius 2 is 2.00 bits per heavy atom. The van der Waals surface area contributed by atoms with Gasteiger partial charge in [0, 0.05) is 11.5 Å². The first-order valence-corrected chi connectivity index (χ1v) is 6.62. The van der Waals surface area contributed by atoms with Gasteiger partial charge in [-0.15, -0.1) is 0 Å². The van der Waals surface area contributed by atoms with E-state index in [1.54, 1.807) is 0 Å². The molecule has 0 bridgehead atoms. The molecule has 2 fully saturated rings.